The van der Waals surface area contributed by atoms with Crippen LogP contribution in [0.1, 0.15) is 40.5 Å². The second kappa shape index (κ2) is 8.42. The monoisotopic (exact) mass is 419 g/mol. The van der Waals surface area contributed by atoms with Crippen molar-refractivity contribution in [2.24, 2.45) is 0 Å². The van der Waals surface area contributed by atoms with Crippen LogP contribution in [0, 0.1) is 0 Å². The molecule has 1 aromatic heterocycles. The van der Waals surface area contributed by atoms with Crippen molar-refractivity contribution < 1.29 is 9.47 Å². The van der Waals surface area contributed by atoms with Gasteiger partial charge in [0.15, 0.2) is 6.79 Å². The number of halogens is 1. The maximum absolute atomic E-state index is 6.10. The van der Waals surface area contributed by atoms with Crippen LogP contribution in [0.25, 0.3) is 11.3 Å². The Hall–Kier alpha value is -1.96. The predicted molar refractivity (Wildman–Crippen MR) is 115 cm³/mol. The Morgan fingerprint density at radius 3 is 2.45 bits per heavy atom. The molecule has 0 spiro atoms. The van der Waals surface area contributed by atoms with Gasteiger partial charge >= 0.3 is 0 Å². The van der Waals surface area contributed by atoms with Gasteiger partial charge in [-0.3, -0.25) is 0 Å². The molecule has 1 saturated heterocycles. The minimum absolute atomic E-state index is 0.0466. The molecule has 2 heterocycles. The largest absolute Gasteiger partial charge is 0.467 e. The van der Waals surface area contributed by atoms with Gasteiger partial charge in [-0.1, -0.05) is 11.6 Å². The second-order valence-electron chi connectivity index (χ2n) is 8.90. The molecule has 3 rings (SSSR count). The molecule has 2 aromatic rings. The summed E-state index contributed by atoms with van der Waals surface area (Å²) in [5.74, 6) is 1.19. The van der Waals surface area contributed by atoms with Gasteiger partial charge < -0.3 is 19.7 Å². The van der Waals surface area contributed by atoms with Crippen LogP contribution in [0.5, 0.6) is 5.75 Å². The Morgan fingerprint density at radius 1 is 1.17 bits per heavy atom. The third kappa shape index (κ3) is 5.35. The molecule has 1 N–H and O–H groups in total. The van der Waals surface area contributed by atoms with E-state index in [4.69, 9.17) is 21.1 Å². The van der Waals surface area contributed by atoms with E-state index >= 15 is 0 Å². The lowest BCUT2D eigenvalue weighted by Crippen LogP contribution is -2.62. The molecule has 0 saturated carbocycles. The third-order valence-corrected chi connectivity index (χ3v) is 5.37. The molecule has 7 nitrogen and oxygen atoms in total. The maximum atomic E-state index is 6.10. The minimum atomic E-state index is 0.0466. The predicted octanol–water partition coefficient (Wildman–Crippen LogP) is 3.92. The molecule has 0 atom stereocenters. The number of benzene rings is 1. The van der Waals surface area contributed by atoms with Crippen LogP contribution in [0.3, 0.4) is 0 Å². The van der Waals surface area contributed by atoms with Crippen LogP contribution in [-0.4, -0.2) is 53.3 Å². The summed E-state index contributed by atoms with van der Waals surface area (Å²) >= 11 is 6.10. The molecule has 1 fully saturated rings. The topological polar surface area (TPSA) is 72.4 Å². The van der Waals surface area contributed by atoms with E-state index in [0.29, 0.717) is 28.5 Å². The van der Waals surface area contributed by atoms with Gasteiger partial charge in [-0.2, -0.15) is 0 Å². The Labute approximate surface area is 177 Å². The number of piperidine rings is 1. The van der Waals surface area contributed by atoms with Crippen molar-refractivity contribution >= 4 is 17.5 Å². The number of rotatable bonds is 6. The Morgan fingerprint density at radius 2 is 1.86 bits per heavy atom. The van der Waals surface area contributed by atoms with E-state index in [0.717, 1.165) is 18.4 Å². The summed E-state index contributed by atoms with van der Waals surface area (Å²) in [6, 6.07) is 5.69. The first-order chi connectivity index (χ1) is 13.6. The van der Waals surface area contributed by atoms with Gasteiger partial charge in [0.2, 0.25) is 5.95 Å². The highest BCUT2D eigenvalue weighted by atomic mass is 35.5. The lowest BCUT2D eigenvalue weighted by Gasteiger charge is -2.48. The van der Waals surface area contributed by atoms with E-state index in [1.807, 2.05) is 13.1 Å². The zero-order valence-corrected chi connectivity index (χ0v) is 18.7. The fourth-order valence-corrected chi connectivity index (χ4v) is 4.37. The summed E-state index contributed by atoms with van der Waals surface area (Å²) in [6.45, 7) is 9.06. The summed E-state index contributed by atoms with van der Waals surface area (Å²) in [5, 5.41) is 13.1. The zero-order valence-electron chi connectivity index (χ0n) is 18.0. The fourth-order valence-electron chi connectivity index (χ4n) is 4.21. The van der Waals surface area contributed by atoms with Crippen molar-refractivity contribution in [3.8, 4) is 17.0 Å². The Bertz CT molecular complexity index is 825. The highest BCUT2D eigenvalue weighted by Gasteiger charge is 2.39. The van der Waals surface area contributed by atoms with Crippen LogP contribution >= 0.6 is 11.6 Å². The van der Waals surface area contributed by atoms with Gasteiger partial charge in [-0.15, -0.1) is 10.2 Å². The SMILES string of the molecule is COCOc1cc(Cl)ccc1-c1cnc(N(C)C2CC(C)(C)NC(C)(C)C2)nn1. The summed E-state index contributed by atoms with van der Waals surface area (Å²) in [7, 11) is 3.60. The Kier molecular flexibility index (Phi) is 6.31. The zero-order chi connectivity index (χ0) is 21.2. The molecule has 0 aliphatic carbocycles. The van der Waals surface area contributed by atoms with Gasteiger partial charge in [0.05, 0.1) is 6.20 Å². The van der Waals surface area contributed by atoms with Crippen LogP contribution in [0.2, 0.25) is 5.02 Å². The van der Waals surface area contributed by atoms with Crippen LogP contribution < -0.4 is 15.0 Å². The number of nitrogens with one attached hydrogen (secondary N) is 1. The van der Waals surface area contributed by atoms with Crippen molar-refractivity contribution in [2.45, 2.75) is 57.7 Å². The lowest BCUT2D eigenvalue weighted by atomic mass is 9.79. The van der Waals surface area contributed by atoms with Crippen molar-refractivity contribution in [3.05, 3.63) is 29.4 Å². The van der Waals surface area contributed by atoms with Crippen LogP contribution in [0.15, 0.2) is 24.4 Å². The average molecular weight is 420 g/mol. The number of hydrogen-bond acceptors (Lipinski definition) is 7. The molecule has 1 aliphatic heterocycles. The van der Waals surface area contributed by atoms with Gasteiger partial charge in [0, 0.05) is 41.9 Å². The summed E-state index contributed by atoms with van der Waals surface area (Å²) in [4.78, 5) is 6.71. The second-order valence-corrected chi connectivity index (χ2v) is 9.34. The van der Waals surface area contributed by atoms with E-state index in [9.17, 15) is 0 Å². The summed E-state index contributed by atoms with van der Waals surface area (Å²) < 4.78 is 10.6. The van der Waals surface area contributed by atoms with Gasteiger partial charge in [-0.05, 0) is 58.7 Å². The highest BCUT2D eigenvalue weighted by Crippen LogP contribution is 2.33. The van der Waals surface area contributed by atoms with Crippen LogP contribution in [0.4, 0.5) is 5.95 Å². The van der Waals surface area contributed by atoms with Gasteiger partial charge in [0.25, 0.3) is 0 Å². The van der Waals surface area contributed by atoms with Crippen molar-refractivity contribution in [1.29, 1.82) is 0 Å². The molecule has 1 aliphatic rings. The first-order valence-electron chi connectivity index (χ1n) is 9.74. The minimum Gasteiger partial charge on any atom is -0.467 e. The van der Waals surface area contributed by atoms with Gasteiger partial charge in [-0.25, -0.2) is 4.98 Å². The van der Waals surface area contributed by atoms with E-state index in [1.54, 1.807) is 25.4 Å². The van der Waals surface area contributed by atoms with E-state index in [-0.39, 0.29) is 17.9 Å². The first-order valence-corrected chi connectivity index (χ1v) is 10.1. The molecule has 1 aromatic carbocycles. The van der Waals surface area contributed by atoms with E-state index in [2.05, 4.69) is 53.1 Å². The molecule has 0 unspecified atom stereocenters. The molecule has 0 amide bonds. The smallest absolute Gasteiger partial charge is 0.245 e. The molecule has 29 heavy (non-hydrogen) atoms. The highest BCUT2D eigenvalue weighted by molar-refractivity contribution is 6.30. The lowest BCUT2D eigenvalue weighted by molar-refractivity contribution is 0.0515. The fraction of sp³-hybridized carbons (Fsp3) is 0.571. The van der Waals surface area contributed by atoms with Crippen molar-refractivity contribution in [1.82, 2.24) is 20.5 Å². The maximum Gasteiger partial charge on any atom is 0.245 e. The molecule has 0 bridgehead atoms. The molecular weight excluding hydrogens is 390 g/mol. The molecule has 158 valence electrons. The average Bonchev–Trinajstić information content (AvgIpc) is 2.63. The van der Waals surface area contributed by atoms with E-state index < -0.39 is 0 Å². The van der Waals surface area contributed by atoms with E-state index in [1.165, 1.54) is 0 Å². The standard InChI is InChI=1S/C21H30ClN5O2/c1-20(2)10-15(11-21(3,4)26-20)27(5)19-23-12-17(24-25-19)16-8-7-14(22)9-18(16)29-13-28-6/h7-9,12,15,26H,10-11,13H2,1-6H3. The molecule has 8 heteroatoms. The number of aromatic nitrogens is 3. The number of methoxy groups -OCH3 is 1. The Balaban J connectivity index is 1.82. The van der Waals surface area contributed by atoms with Crippen LogP contribution in [-0.2, 0) is 4.74 Å². The van der Waals surface area contributed by atoms with Gasteiger partial charge in [0.1, 0.15) is 11.4 Å². The molecule has 0 radical (unpaired) electrons. The quantitative estimate of drug-likeness (QED) is 0.711. The molecular formula is C21H30ClN5O2. The third-order valence-electron chi connectivity index (χ3n) is 5.13. The van der Waals surface area contributed by atoms with Crippen molar-refractivity contribution in [3.63, 3.8) is 0 Å². The summed E-state index contributed by atoms with van der Waals surface area (Å²) in [6.07, 6.45) is 3.73. The summed E-state index contributed by atoms with van der Waals surface area (Å²) in [5.41, 5.74) is 1.48. The first kappa shape index (κ1) is 21.7. The number of nitrogens with zero attached hydrogens (tertiary/aromatic N) is 4. The normalized spacial score (nSPS) is 18.4. The number of anilines is 1. The number of hydrogen-bond donors (Lipinski definition) is 1. The number of ether oxygens (including phenoxy) is 2. The van der Waals surface area contributed by atoms with Crippen molar-refractivity contribution in [2.75, 3.05) is 25.9 Å².